The summed E-state index contributed by atoms with van der Waals surface area (Å²) >= 11 is 0. The maximum absolute atomic E-state index is 12.1. The average molecular weight is 571 g/mol. The zero-order chi connectivity index (χ0) is 23.5. The number of carboxylic acid groups (broad SMARTS) is 1. The summed E-state index contributed by atoms with van der Waals surface area (Å²) in [6.07, 6.45) is 1.25. The van der Waals surface area contributed by atoms with Gasteiger partial charge in [0.1, 0.15) is 17.7 Å². The molecule has 0 amide bonds. The van der Waals surface area contributed by atoms with Gasteiger partial charge in [0.15, 0.2) is 0 Å². The van der Waals surface area contributed by atoms with Gasteiger partial charge >= 0.3 is 5.97 Å². The largest absolute Gasteiger partial charge is 0.489 e. The minimum absolute atomic E-state index is 0. The van der Waals surface area contributed by atoms with Crippen LogP contribution in [0.5, 0.6) is 5.75 Å². The lowest BCUT2D eigenvalue weighted by atomic mass is 9.91. The molecule has 1 heterocycles. The van der Waals surface area contributed by atoms with E-state index in [0.29, 0.717) is 30.1 Å². The van der Waals surface area contributed by atoms with Crippen molar-refractivity contribution >= 4 is 40.8 Å². The van der Waals surface area contributed by atoms with Crippen LogP contribution < -0.4 is 10.5 Å². The monoisotopic (exact) mass is 570 g/mol. The van der Waals surface area contributed by atoms with Crippen LogP contribution in [0.25, 0.3) is 10.8 Å². The van der Waals surface area contributed by atoms with Crippen molar-refractivity contribution in [1.82, 2.24) is 4.90 Å². The molecule has 12 nitrogen and oxygen atoms in total. The molecule has 1 fully saturated rings. The van der Waals surface area contributed by atoms with E-state index < -0.39 is 11.9 Å². The van der Waals surface area contributed by atoms with E-state index in [9.17, 15) is 9.90 Å². The van der Waals surface area contributed by atoms with Gasteiger partial charge in [-0.2, -0.15) is 0 Å². The number of hydrogen-bond acceptors (Lipinski definition) is 4. The molecule has 0 saturated carbocycles. The number of fused-ring (bicyclic) bond motifs is 1. The Labute approximate surface area is 232 Å². The summed E-state index contributed by atoms with van der Waals surface area (Å²) in [5.74, 6) is -0.303. The number of nitrogens with zero attached hydrogens (tertiary/aromatic N) is 1. The van der Waals surface area contributed by atoms with Gasteiger partial charge in [0, 0.05) is 18.5 Å². The summed E-state index contributed by atoms with van der Waals surface area (Å²) < 4.78 is 6.03. The molecule has 1 aliphatic rings. The number of aliphatic carboxylic acids is 1. The van der Waals surface area contributed by atoms with E-state index in [1.807, 2.05) is 65.6 Å². The number of nitrogens with two attached hydrogens (primary N) is 1. The van der Waals surface area contributed by atoms with E-state index >= 15 is 0 Å². The standard InChI is InChI=1S/C26H28N4O3.ClH.5H2O/c1-16(27)30-11-10-23(15-30)33-22-8-6-19(7-9-22)24(26(31)32)13-17-2-3-18-4-5-20(25(28)29)14-21(18)12-17;;;;;;/h2-9,12,14,23-24,27H,10-11,13,15H2,1H3,(H3,28,29)(H,31,32);1H;5*1H2/t23-,24?;;;;;;/m0....../s1. The summed E-state index contributed by atoms with van der Waals surface area (Å²) in [6, 6.07) is 18.7. The van der Waals surface area contributed by atoms with Gasteiger partial charge in [-0.05, 0) is 53.4 Å². The summed E-state index contributed by atoms with van der Waals surface area (Å²) in [5.41, 5.74) is 7.88. The fraction of sp³-hybridized carbons (Fsp3) is 0.269. The molecule has 2 atom stereocenters. The van der Waals surface area contributed by atoms with Crippen LogP contribution in [0.1, 0.15) is 36.0 Å². The molecule has 39 heavy (non-hydrogen) atoms. The maximum Gasteiger partial charge on any atom is 0.311 e. The highest BCUT2D eigenvalue weighted by molar-refractivity contribution is 5.99. The summed E-state index contributed by atoms with van der Waals surface area (Å²) in [5, 5.41) is 27.2. The van der Waals surface area contributed by atoms with Crippen LogP contribution in [-0.2, 0) is 11.2 Å². The van der Waals surface area contributed by atoms with Crippen molar-refractivity contribution in [2.45, 2.75) is 31.8 Å². The Bertz CT molecular complexity index is 1230. The fourth-order valence-electron chi connectivity index (χ4n) is 4.27. The third-order valence-electron chi connectivity index (χ3n) is 6.16. The summed E-state index contributed by atoms with van der Waals surface area (Å²) in [4.78, 5) is 14.1. The van der Waals surface area contributed by atoms with Gasteiger partial charge in [-0.3, -0.25) is 15.6 Å². The van der Waals surface area contributed by atoms with Crippen molar-refractivity contribution in [3.05, 3.63) is 77.4 Å². The molecule has 0 aliphatic carbocycles. The minimum atomic E-state index is -0.880. The highest BCUT2D eigenvalue weighted by Gasteiger charge is 2.25. The van der Waals surface area contributed by atoms with E-state index in [-0.39, 0.29) is 51.7 Å². The number of carboxylic acids is 1. The summed E-state index contributed by atoms with van der Waals surface area (Å²) in [6.45, 7) is 3.29. The zero-order valence-electron chi connectivity index (χ0n) is 21.5. The number of amidine groups is 2. The molecule has 3 aromatic rings. The maximum atomic E-state index is 12.1. The fourth-order valence-corrected chi connectivity index (χ4v) is 4.27. The van der Waals surface area contributed by atoms with Crippen molar-refractivity contribution in [2.24, 2.45) is 5.73 Å². The molecule has 1 aliphatic heterocycles. The van der Waals surface area contributed by atoms with Crippen molar-refractivity contribution in [3.8, 4) is 5.75 Å². The number of carbonyl (C=O) groups is 1. The van der Waals surface area contributed by atoms with Crippen molar-refractivity contribution in [1.29, 1.82) is 10.8 Å². The first-order valence-electron chi connectivity index (χ1n) is 11.0. The Morgan fingerprint density at radius 3 is 2.15 bits per heavy atom. The third kappa shape index (κ3) is 9.48. The third-order valence-corrected chi connectivity index (χ3v) is 6.16. The van der Waals surface area contributed by atoms with Gasteiger partial charge in [0.2, 0.25) is 0 Å². The normalized spacial score (nSPS) is 14.0. The van der Waals surface area contributed by atoms with Crippen LogP contribution in [0.4, 0.5) is 0 Å². The molecule has 1 saturated heterocycles. The van der Waals surface area contributed by atoms with E-state index in [1.165, 1.54) is 0 Å². The van der Waals surface area contributed by atoms with Crippen LogP contribution in [0.3, 0.4) is 0 Å². The Balaban J connectivity index is -0.00000216. The second-order valence-corrected chi connectivity index (χ2v) is 8.53. The quantitative estimate of drug-likeness (QED) is 0.229. The first-order valence-corrected chi connectivity index (χ1v) is 11.0. The van der Waals surface area contributed by atoms with Crippen LogP contribution in [0, 0.1) is 10.8 Å². The summed E-state index contributed by atoms with van der Waals surface area (Å²) in [7, 11) is 0. The molecule has 0 radical (unpaired) electrons. The van der Waals surface area contributed by atoms with Gasteiger partial charge in [0.25, 0.3) is 0 Å². The van der Waals surface area contributed by atoms with E-state index in [4.69, 9.17) is 21.3 Å². The SMILES string of the molecule is CC(=N)N1CC[C@H](Oc2ccc(C(Cc3ccc4ccc(C(=N)N)cc4c3)C(=O)O)cc2)C1.Cl.O.O.O.O.O. The van der Waals surface area contributed by atoms with Crippen LogP contribution in [-0.4, -0.2) is 74.2 Å². The number of halogens is 1. The van der Waals surface area contributed by atoms with Gasteiger partial charge in [0.05, 0.1) is 18.3 Å². The van der Waals surface area contributed by atoms with Gasteiger partial charge in [-0.1, -0.05) is 42.5 Å². The Morgan fingerprint density at radius 2 is 1.62 bits per heavy atom. The van der Waals surface area contributed by atoms with Crippen LogP contribution >= 0.6 is 12.4 Å². The molecule has 13 heteroatoms. The number of likely N-dealkylation sites (tertiary alicyclic amines) is 1. The first-order chi connectivity index (χ1) is 15.8. The second-order valence-electron chi connectivity index (χ2n) is 8.53. The van der Waals surface area contributed by atoms with Crippen LogP contribution in [0.15, 0.2) is 60.7 Å². The topological polar surface area (TPSA) is 281 Å². The van der Waals surface area contributed by atoms with Gasteiger partial charge in [-0.15, -0.1) is 12.4 Å². The average Bonchev–Trinajstić information content (AvgIpc) is 3.26. The number of rotatable bonds is 7. The zero-order valence-corrected chi connectivity index (χ0v) is 22.3. The molecule has 3 aromatic carbocycles. The highest BCUT2D eigenvalue weighted by atomic mass is 35.5. The van der Waals surface area contributed by atoms with Gasteiger partial charge in [-0.25, -0.2) is 0 Å². The number of nitrogen functional groups attached to an aromatic ring is 1. The van der Waals surface area contributed by atoms with E-state index in [2.05, 4.69) is 0 Å². The van der Waals surface area contributed by atoms with E-state index in [1.54, 1.807) is 6.92 Å². The number of hydrogen-bond donors (Lipinski definition) is 4. The predicted octanol–water partition coefficient (Wildman–Crippen LogP) is 0.283. The lowest BCUT2D eigenvalue weighted by Gasteiger charge is -2.18. The number of ether oxygens (including phenoxy) is 1. The molecule has 0 bridgehead atoms. The molecule has 1 unspecified atom stereocenters. The lowest BCUT2D eigenvalue weighted by Crippen LogP contribution is -2.28. The molecule has 0 aromatic heterocycles. The smallest absolute Gasteiger partial charge is 0.311 e. The first kappa shape index (κ1) is 39.7. The van der Waals surface area contributed by atoms with Gasteiger partial charge < -0.3 is 47.9 Å². The Hall–Kier alpha value is -3.78. The molecular weight excluding hydrogens is 532 g/mol. The van der Waals surface area contributed by atoms with Crippen molar-refractivity contribution < 1.29 is 42.0 Å². The predicted molar refractivity (Wildman–Crippen MR) is 155 cm³/mol. The van der Waals surface area contributed by atoms with Crippen molar-refractivity contribution in [2.75, 3.05) is 13.1 Å². The number of benzene rings is 3. The minimum Gasteiger partial charge on any atom is -0.489 e. The lowest BCUT2D eigenvalue weighted by molar-refractivity contribution is -0.138. The molecule has 15 N–H and O–H groups in total. The molecule has 0 spiro atoms. The highest BCUT2D eigenvalue weighted by Crippen LogP contribution is 2.27. The molecule has 218 valence electrons. The molecular formula is C26H39ClN4O8. The van der Waals surface area contributed by atoms with Crippen LogP contribution in [0.2, 0.25) is 0 Å². The Kier molecular flexibility index (Phi) is 17.3. The number of nitrogens with one attached hydrogen (secondary N) is 2. The van der Waals surface area contributed by atoms with Crippen molar-refractivity contribution in [3.63, 3.8) is 0 Å². The molecule has 4 rings (SSSR count). The second kappa shape index (κ2) is 16.9. The van der Waals surface area contributed by atoms with E-state index in [0.717, 1.165) is 34.9 Å². The Morgan fingerprint density at radius 1 is 1.00 bits per heavy atom.